The second-order valence-corrected chi connectivity index (χ2v) is 11.6. The van der Waals surface area contributed by atoms with E-state index in [2.05, 4.69) is 146 Å². The Labute approximate surface area is 237 Å². The average molecular weight is 527 g/mol. The van der Waals surface area contributed by atoms with Crippen molar-refractivity contribution in [1.82, 2.24) is 0 Å². The Balaban J connectivity index is 1.45. The summed E-state index contributed by atoms with van der Waals surface area (Å²) in [6.07, 6.45) is 0. The van der Waals surface area contributed by atoms with Gasteiger partial charge in [0.05, 0.1) is 0 Å². The van der Waals surface area contributed by atoms with Crippen molar-refractivity contribution in [3.8, 4) is 33.4 Å². The largest absolute Gasteiger partial charge is 0.135 e. The van der Waals surface area contributed by atoms with Gasteiger partial charge in [0.25, 0.3) is 0 Å². The van der Waals surface area contributed by atoms with E-state index >= 15 is 0 Å². The van der Waals surface area contributed by atoms with Gasteiger partial charge in [-0.15, -0.1) is 11.3 Å². The molecule has 8 aromatic rings. The molecule has 0 amide bonds. The molecule has 0 aliphatic heterocycles. The van der Waals surface area contributed by atoms with Crippen molar-refractivity contribution in [2.75, 3.05) is 0 Å². The molecule has 0 radical (unpaired) electrons. The average Bonchev–Trinajstić information content (AvgIpc) is 3.40. The van der Waals surface area contributed by atoms with E-state index in [1.165, 1.54) is 80.7 Å². The molecule has 0 nitrogen and oxygen atoms in total. The van der Waals surface area contributed by atoms with Crippen LogP contribution in [0.15, 0.2) is 140 Å². The van der Waals surface area contributed by atoms with Crippen molar-refractivity contribution in [2.24, 2.45) is 0 Å². The maximum atomic E-state index is 2.38. The normalized spacial score (nSPS) is 11.6. The first-order valence-electron chi connectivity index (χ1n) is 13.8. The zero-order chi connectivity index (χ0) is 26.6. The molecule has 0 unspecified atom stereocenters. The number of thiophene rings is 1. The lowest BCUT2D eigenvalue weighted by Gasteiger charge is -2.19. The smallest absolute Gasteiger partial charge is 0.0434 e. The predicted octanol–water partition coefficient (Wildman–Crippen LogP) is 11.7. The van der Waals surface area contributed by atoms with E-state index in [-0.39, 0.29) is 0 Å². The molecule has 0 N–H and O–H groups in total. The van der Waals surface area contributed by atoms with Crippen LogP contribution in [0.5, 0.6) is 0 Å². The monoisotopic (exact) mass is 526 g/mol. The summed E-state index contributed by atoms with van der Waals surface area (Å²) in [5.74, 6) is 0. The lowest BCUT2D eigenvalue weighted by Crippen LogP contribution is -1.92. The van der Waals surface area contributed by atoms with Crippen molar-refractivity contribution in [1.29, 1.82) is 0 Å². The van der Waals surface area contributed by atoms with Gasteiger partial charge in [0.15, 0.2) is 0 Å². The maximum absolute atomic E-state index is 2.38. The standard InChI is InChI=1S/C39H26S/c1-25-18-23-32-35(24-25)38(34-16-9-15-33-29-12-7-8-17-36(29)40-39(33)34)31-14-6-5-13-30(31)37(32)28-21-19-27(20-22-28)26-10-3-2-4-11-26/h2-24H,1H3. The Bertz CT molecular complexity index is 2200. The highest BCUT2D eigenvalue weighted by Gasteiger charge is 2.19. The van der Waals surface area contributed by atoms with Crippen LogP contribution in [0.3, 0.4) is 0 Å². The molecule has 1 aromatic heterocycles. The van der Waals surface area contributed by atoms with Crippen LogP contribution in [0.2, 0.25) is 0 Å². The van der Waals surface area contributed by atoms with Gasteiger partial charge in [0, 0.05) is 25.7 Å². The zero-order valence-electron chi connectivity index (χ0n) is 22.2. The second-order valence-electron chi connectivity index (χ2n) is 10.6. The molecule has 0 aliphatic rings. The molecule has 0 saturated heterocycles. The maximum Gasteiger partial charge on any atom is 0.0434 e. The molecule has 188 valence electrons. The summed E-state index contributed by atoms with van der Waals surface area (Å²) >= 11 is 1.90. The van der Waals surface area contributed by atoms with Crippen molar-refractivity contribution < 1.29 is 0 Å². The molecule has 0 fully saturated rings. The molecule has 0 bridgehead atoms. The highest BCUT2D eigenvalue weighted by atomic mass is 32.1. The van der Waals surface area contributed by atoms with E-state index in [4.69, 9.17) is 0 Å². The van der Waals surface area contributed by atoms with Crippen molar-refractivity contribution in [2.45, 2.75) is 6.92 Å². The molecular formula is C39H26S. The molecule has 7 aromatic carbocycles. The number of rotatable bonds is 3. The van der Waals surface area contributed by atoms with Crippen LogP contribution in [0.4, 0.5) is 0 Å². The van der Waals surface area contributed by atoms with E-state index in [0.29, 0.717) is 0 Å². The van der Waals surface area contributed by atoms with Gasteiger partial charge in [0.1, 0.15) is 0 Å². The van der Waals surface area contributed by atoms with Crippen molar-refractivity contribution >= 4 is 53.1 Å². The third-order valence-electron chi connectivity index (χ3n) is 8.13. The Hall–Kier alpha value is -4.72. The first kappa shape index (κ1) is 23.2. The molecule has 0 atom stereocenters. The minimum absolute atomic E-state index is 1.24. The number of aryl methyl sites for hydroxylation is 1. The summed E-state index contributed by atoms with van der Waals surface area (Å²) in [5.41, 5.74) is 8.95. The van der Waals surface area contributed by atoms with Crippen molar-refractivity contribution in [3.05, 3.63) is 145 Å². The van der Waals surface area contributed by atoms with Crippen LogP contribution in [-0.2, 0) is 0 Å². The number of benzene rings is 7. The van der Waals surface area contributed by atoms with Gasteiger partial charge in [-0.1, -0.05) is 139 Å². The number of hydrogen-bond donors (Lipinski definition) is 0. The molecule has 0 saturated carbocycles. The van der Waals surface area contributed by atoms with Gasteiger partial charge in [-0.05, 0) is 62.4 Å². The Morgan fingerprint density at radius 2 is 1.00 bits per heavy atom. The fourth-order valence-corrected chi connectivity index (χ4v) is 7.52. The van der Waals surface area contributed by atoms with Crippen LogP contribution >= 0.6 is 11.3 Å². The first-order valence-corrected chi connectivity index (χ1v) is 14.6. The topological polar surface area (TPSA) is 0 Å². The minimum Gasteiger partial charge on any atom is -0.135 e. The highest BCUT2D eigenvalue weighted by molar-refractivity contribution is 7.26. The third kappa shape index (κ3) is 3.59. The fraction of sp³-hybridized carbons (Fsp3) is 0.0256. The van der Waals surface area contributed by atoms with E-state index in [9.17, 15) is 0 Å². The third-order valence-corrected chi connectivity index (χ3v) is 9.35. The molecule has 1 heteroatoms. The van der Waals surface area contributed by atoms with E-state index in [1.807, 2.05) is 11.3 Å². The van der Waals surface area contributed by atoms with Gasteiger partial charge < -0.3 is 0 Å². The molecule has 40 heavy (non-hydrogen) atoms. The molecule has 0 aliphatic carbocycles. The molecule has 1 heterocycles. The summed E-state index contributed by atoms with van der Waals surface area (Å²) in [4.78, 5) is 0. The Kier molecular flexibility index (Phi) is 5.33. The zero-order valence-corrected chi connectivity index (χ0v) is 23.0. The molecular weight excluding hydrogens is 500 g/mol. The van der Waals surface area contributed by atoms with Crippen LogP contribution in [0, 0.1) is 6.92 Å². The lowest BCUT2D eigenvalue weighted by molar-refractivity contribution is 1.51. The quantitative estimate of drug-likeness (QED) is 0.201. The van der Waals surface area contributed by atoms with Crippen LogP contribution in [0.1, 0.15) is 5.56 Å². The van der Waals surface area contributed by atoms with E-state index in [0.717, 1.165) is 0 Å². The van der Waals surface area contributed by atoms with Crippen LogP contribution in [-0.4, -0.2) is 0 Å². The fourth-order valence-electron chi connectivity index (χ4n) is 6.30. The van der Waals surface area contributed by atoms with E-state index < -0.39 is 0 Å². The van der Waals surface area contributed by atoms with Gasteiger partial charge in [-0.2, -0.15) is 0 Å². The van der Waals surface area contributed by atoms with Crippen molar-refractivity contribution in [3.63, 3.8) is 0 Å². The highest BCUT2D eigenvalue weighted by Crippen LogP contribution is 2.48. The van der Waals surface area contributed by atoms with E-state index in [1.54, 1.807) is 0 Å². The SMILES string of the molecule is Cc1ccc2c(-c3ccc(-c4ccccc4)cc3)c3ccccc3c(-c3cccc4c3sc3ccccc34)c2c1. The first-order chi connectivity index (χ1) is 19.8. The molecule has 0 spiro atoms. The van der Waals surface area contributed by atoms with Gasteiger partial charge in [0.2, 0.25) is 0 Å². The van der Waals surface area contributed by atoms with Gasteiger partial charge >= 0.3 is 0 Å². The summed E-state index contributed by atoms with van der Waals surface area (Å²) in [6, 6.07) is 51.2. The predicted molar refractivity (Wildman–Crippen MR) is 175 cm³/mol. The summed E-state index contributed by atoms with van der Waals surface area (Å²) in [6.45, 7) is 2.20. The number of fused-ring (bicyclic) bond motifs is 5. The lowest BCUT2D eigenvalue weighted by atomic mass is 9.85. The second kappa shape index (κ2) is 9.19. The van der Waals surface area contributed by atoms with Gasteiger partial charge in [-0.25, -0.2) is 0 Å². The number of hydrogen-bond acceptors (Lipinski definition) is 1. The Morgan fingerprint density at radius 1 is 0.400 bits per heavy atom. The summed E-state index contributed by atoms with van der Waals surface area (Å²) in [7, 11) is 0. The van der Waals surface area contributed by atoms with Crippen LogP contribution < -0.4 is 0 Å². The minimum atomic E-state index is 1.24. The Morgan fingerprint density at radius 3 is 1.80 bits per heavy atom. The molecule has 8 rings (SSSR count). The summed E-state index contributed by atoms with van der Waals surface area (Å²) < 4.78 is 2.70. The van der Waals surface area contributed by atoms with Gasteiger partial charge in [-0.3, -0.25) is 0 Å². The van der Waals surface area contributed by atoms with Crippen LogP contribution in [0.25, 0.3) is 75.1 Å². The summed E-state index contributed by atoms with van der Waals surface area (Å²) in [5, 5.41) is 7.87.